The molecule has 112 valence electrons. The van der Waals surface area contributed by atoms with Crippen LogP contribution < -0.4 is 11.1 Å². The lowest BCUT2D eigenvalue weighted by Gasteiger charge is -2.22. The van der Waals surface area contributed by atoms with Gasteiger partial charge in [0.05, 0.1) is 6.61 Å². The second kappa shape index (κ2) is 6.91. The van der Waals surface area contributed by atoms with Crippen molar-refractivity contribution in [2.24, 2.45) is 5.73 Å². The highest BCUT2D eigenvalue weighted by atomic mass is 16.2. The Labute approximate surface area is 124 Å². The van der Waals surface area contributed by atoms with Gasteiger partial charge in [0.2, 0.25) is 5.91 Å². The minimum atomic E-state index is -1.12. The first-order chi connectivity index (χ1) is 9.77. The van der Waals surface area contributed by atoms with Crippen molar-refractivity contribution in [2.75, 3.05) is 6.61 Å². The van der Waals surface area contributed by atoms with Crippen LogP contribution in [0.25, 0.3) is 0 Å². The van der Waals surface area contributed by atoms with E-state index in [1.54, 1.807) is 32.0 Å². The highest BCUT2D eigenvalue weighted by molar-refractivity contribution is 5.98. The van der Waals surface area contributed by atoms with Crippen LogP contribution in [-0.2, 0) is 4.79 Å². The molecule has 1 rings (SSSR count). The molecule has 0 heterocycles. The summed E-state index contributed by atoms with van der Waals surface area (Å²) in [6, 6.07) is 5.11. The molecule has 4 N–H and O–H groups in total. The van der Waals surface area contributed by atoms with Crippen LogP contribution in [0.5, 0.6) is 0 Å². The molecule has 5 nitrogen and oxygen atoms in total. The third kappa shape index (κ3) is 4.62. The first kappa shape index (κ1) is 16.7. The number of aryl methyl sites for hydroxylation is 1. The minimum Gasteiger partial charge on any atom is -0.395 e. The van der Waals surface area contributed by atoms with Gasteiger partial charge in [-0.15, -0.1) is 0 Å². The van der Waals surface area contributed by atoms with Gasteiger partial charge in [-0.3, -0.25) is 9.59 Å². The van der Waals surface area contributed by atoms with E-state index in [4.69, 9.17) is 10.8 Å². The predicted octanol–water partition coefficient (Wildman–Crippen LogP) is 0.723. The summed E-state index contributed by atoms with van der Waals surface area (Å²) in [4.78, 5) is 23.4. The Morgan fingerprint density at radius 3 is 2.62 bits per heavy atom. The monoisotopic (exact) mass is 288 g/mol. The largest absolute Gasteiger partial charge is 0.395 e. The lowest BCUT2D eigenvalue weighted by molar-refractivity contribution is -0.122. The maximum absolute atomic E-state index is 12.2. The van der Waals surface area contributed by atoms with Crippen molar-refractivity contribution in [1.82, 2.24) is 5.32 Å². The van der Waals surface area contributed by atoms with Gasteiger partial charge in [-0.25, -0.2) is 0 Å². The molecule has 0 radical (unpaired) electrons. The van der Waals surface area contributed by atoms with Gasteiger partial charge >= 0.3 is 0 Å². The Hall–Kier alpha value is -2.32. The van der Waals surface area contributed by atoms with Crippen molar-refractivity contribution >= 4 is 11.8 Å². The highest BCUT2D eigenvalue weighted by Gasteiger charge is 2.27. The summed E-state index contributed by atoms with van der Waals surface area (Å²) < 4.78 is 0. The fraction of sp³-hybridized carbons (Fsp3) is 0.375. The van der Waals surface area contributed by atoms with E-state index in [0.717, 1.165) is 5.56 Å². The Bertz CT molecular complexity index is 610. The van der Waals surface area contributed by atoms with Crippen molar-refractivity contribution < 1.29 is 14.7 Å². The van der Waals surface area contributed by atoms with Crippen molar-refractivity contribution in [1.29, 1.82) is 0 Å². The molecular formula is C16H20N2O3. The summed E-state index contributed by atoms with van der Waals surface area (Å²) in [6.07, 6.45) is 0.380. The Morgan fingerprint density at radius 2 is 2.05 bits per heavy atom. The number of nitrogens with two attached hydrogens (primary N) is 1. The number of hydrogen-bond acceptors (Lipinski definition) is 3. The second-order valence-electron chi connectivity index (χ2n) is 5.25. The SMILES string of the molecule is Cc1ccc(C(=O)NC(C)(C)C(N)=O)cc1C#CCCO. The zero-order valence-electron chi connectivity index (χ0n) is 12.5. The smallest absolute Gasteiger partial charge is 0.252 e. The molecule has 0 atom stereocenters. The number of amides is 2. The van der Waals surface area contributed by atoms with E-state index >= 15 is 0 Å². The van der Waals surface area contributed by atoms with E-state index in [1.165, 1.54) is 0 Å². The van der Waals surface area contributed by atoms with Crippen LogP contribution in [0.2, 0.25) is 0 Å². The third-order valence-electron chi connectivity index (χ3n) is 3.00. The van der Waals surface area contributed by atoms with E-state index < -0.39 is 11.4 Å². The average molecular weight is 288 g/mol. The van der Waals surface area contributed by atoms with Crippen LogP contribution in [-0.4, -0.2) is 29.1 Å². The summed E-state index contributed by atoms with van der Waals surface area (Å²) in [5, 5.41) is 11.3. The number of benzene rings is 1. The number of rotatable bonds is 4. The van der Waals surface area contributed by atoms with Crippen molar-refractivity contribution in [2.45, 2.75) is 32.7 Å². The first-order valence-electron chi connectivity index (χ1n) is 6.60. The molecule has 0 aliphatic rings. The summed E-state index contributed by atoms with van der Waals surface area (Å²) >= 11 is 0. The number of aliphatic hydroxyl groups excluding tert-OH is 1. The van der Waals surface area contributed by atoms with Gasteiger partial charge in [0.15, 0.2) is 0 Å². The maximum atomic E-state index is 12.2. The van der Waals surface area contributed by atoms with Gasteiger partial charge in [0, 0.05) is 17.5 Å². The van der Waals surface area contributed by atoms with Crippen LogP contribution in [0.1, 0.15) is 41.8 Å². The van der Waals surface area contributed by atoms with E-state index in [0.29, 0.717) is 17.5 Å². The summed E-state index contributed by atoms with van der Waals surface area (Å²) in [5.41, 5.74) is 6.17. The highest BCUT2D eigenvalue weighted by Crippen LogP contribution is 2.12. The molecule has 0 saturated heterocycles. The second-order valence-corrected chi connectivity index (χ2v) is 5.25. The molecule has 5 heteroatoms. The Kier molecular flexibility index (Phi) is 5.51. The predicted molar refractivity (Wildman–Crippen MR) is 80.5 cm³/mol. The van der Waals surface area contributed by atoms with Crippen LogP contribution in [0, 0.1) is 18.8 Å². The fourth-order valence-electron chi connectivity index (χ4n) is 1.53. The lowest BCUT2D eigenvalue weighted by Crippen LogP contribution is -2.53. The van der Waals surface area contributed by atoms with E-state index in [9.17, 15) is 9.59 Å². The van der Waals surface area contributed by atoms with Gasteiger partial charge in [-0.2, -0.15) is 0 Å². The van der Waals surface area contributed by atoms with Gasteiger partial charge in [0.1, 0.15) is 5.54 Å². The molecule has 0 unspecified atom stereocenters. The molecule has 0 aromatic heterocycles. The number of nitrogens with one attached hydrogen (secondary N) is 1. The van der Waals surface area contributed by atoms with Gasteiger partial charge in [0.25, 0.3) is 5.91 Å². The number of primary amides is 1. The van der Waals surface area contributed by atoms with Gasteiger partial charge in [-0.05, 0) is 38.5 Å². The molecule has 0 aliphatic carbocycles. The molecule has 21 heavy (non-hydrogen) atoms. The molecule has 0 aliphatic heterocycles. The van der Waals surface area contributed by atoms with Crippen molar-refractivity contribution in [3.8, 4) is 11.8 Å². The Morgan fingerprint density at radius 1 is 1.38 bits per heavy atom. The minimum absolute atomic E-state index is 0.000967. The maximum Gasteiger partial charge on any atom is 0.252 e. The molecule has 0 spiro atoms. The van der Waals surface area contributed by atoms with Crippen LogP contribution >= 0.6 is 0 Å². The molecule has 0 saturated carbocycles. The molecular weight excluding hydrogens is 268 g/mol. The lowest BCUT2D eigenvalue weighted by atomic mass is 10.0. The van der Waals surface area contributed by atoms with Crippen molar-refractivity contribution in [3.05, 3.63) is 34.9 Å². The fourth-order valence-corrected chi connectivity index (χ4v) is 1.53. The molecule has 1 aromatic carbocycles. The van der Waals surface area contributed by atoms with E-state index in [1.807, 2.05) is 6.92 Å². The van der Waals surface area contributed by atoms with Crippen molar-refractivity contribution in [3.63, 3.8) is 0 Å². The molecule has 1 aromatic rings. The third-order valence-corrected chi connectivity index (χ3v) is 3.00. The van der Waals surface area contributed by atoms with Crippen LogP contribution in [0.4, 0.5) is 0 Å². The zero-order valence-corrected chi connectivity index (χ0v) is 12.5. The number of carbonyl (C=O) groups is 2. The van der Waals surface area contributed by atoms with Gasteiger partial charge < -0.3 is 16.2 Å². The number of hydrogen-bond donors (Lipinski definition) is 3. The quantitative estimate of drug-likeness (QED) is 0.713. The topological polar surface area (TPSA) is 92.4 Å². The van der Waals surface area contributed by atoms with Gasteiger partial charge in [-0.1, -0.05) is 17.9 Å². The zero-order chi connectivity index (χ0) is 16.0. The normalized spacial score (nSPS) is 10.5. The average Bonchev–Trinajstić information content (AvgIpc) is 2.40. The summed E-state index contributed by atoms with van der Waals surface area (Å²) in [7, 11) is 0. The summed E-state index contributed by atoms with van der Waals surface area (Å²) in [6.45, 7) is 4.98. The Balaban J connectivity index is 3.00. The standard InChI is InChI=1S/C16H20N2O3/c1-11-7-8-13(10-12(11)6-4-5-9-19)14(20)18-16(2,3)15(17)21/h7-8,10,19H,5,9H2,1-3H3,(H2,17,21)(H,18,20). The molecule has 0 fully saturated rings. The van der Waals surface area contributed by atoms with Crippen LogP contribution in [0.15, 0.2) is 18.2 Å². The first-order valence-corrected chi connectivity index (χ1v) is 6.60. The molecule has 0 bridgehead atoms. The van der Waals surface area contributed by atoms with E-state index in [2.05, 4.69) is 17.2 Å². The number of aliphatic hydroxyl groups is 1. The summed E-state index contributed by atoms with van der Waals surface area (Å²) in [5.74, 6) is 4.74. The van der Waals surface area contributed by atoms with Crippen LogP contribution in [0.3, 0.4) is 0 Å². The number of carbonyl (C=O) groups excluding carboxylic acids is 2. The molecule has 2 amide bonds. The van der Waals surface area contributed by atoms with E-state index in [-0.39, 0.29) is 12.5 Å².